The van der Waals surface area contributed by atoms with Crippen molar-refractivity contribution in [3.8, 4) is 0 Å². The smallest absolute Gasteiger partial charge is 0.0288 e. The Morgan fingerprint density at radius 2 is 1.64 bits per heavy atom. The van der Waals surface area contributed by atoms with Gasteiger partial charge in [-0.1, -0.05) is 37.1 Å². The van der Waals surface area contributed by atoms with Crippen molar-refractivity contribution < 1.29 is 0 Å². The maximum atomic E-state index is 2.40. The molecule has 0 aromatic rings. The van der Waals surface area contributed by atoms with E-state index in [0.717, 1.165) is 5.92 Å². The molecular weight excluding hydrogens is 168 g/mol. The quantitative estimate of drug-likeness (QED) is 0.515. The number of hydrogen-bond acceptors (Lipinski definition) is 0. The fraction of sp³-hybridized carbons (Fsp3) is 0.714. The van der Waals surface area contributed by atoms with Crippen LogP contribution in [0.5, 0.6) is 0 Å². The molecule has 0 fully saturated rings. The molecule has 0 N–H and O–H groups in total. The number of hydrogen-bond donors (Lipinski definition) is 0. The third kappa shape index (κ3) is 9.57. The van der Waals surface area contributed by atoms with Gasteiger partial charge in [0.05, 0.1) is 0 Å². The minimum atomic E-state index is 0.830. The third-order valence-electron chi connectivity index (χ3n) is 2.33. The summed E-state index contributed by atoms with van der Waals surface area (Å²) in [6.07, 6.45) is 9.71. The van der Waals surface area contributed by atoms with Crippen LogP contribution in [0.4, 0.5) is 0 Å². The minimum Gasteiger partial charge on any atom is -0.0856 e. The van der Waals surface area contributed by atoms with E-state index >= 15 is 0 Å². The van der Waals surface area contributed by atoms with Gasteiger partial charge < -0.3 is 0 Å². The average Bonchev–Trinajstić information content (AvgIpc) is 2.02. The van der Waals surface area contributed by atoms with Gasteiger partial charge in [-0.05, 0) is 52.4 Å². The van der Waals surface area contributed by atoms with E-state index in [1.165, 1.54) is 31.3 Å². The predicted molar refractivity (Wildman–Crippen MR) is 66.5 cm³/mol. The first kappa shape index (κ1) is 13.5. The van der Waals surface area contributed by atoms with Gasteiger partial charge in [-0.25, -0.2) is 0 Å². The molecule has 0 aliphatic carbocycles. The Balaban J connectivity index is 3.62. The molecule has 0 heteroatoms. The van der Waals surface area contributed by atoms with Crippen molar-refractivity contribution in [2.75, 3.05) is 0 Å². The molecule has 0 rings (SSSR count). The first-order chi connectivity index (χ1) is 6.52. The first-order valence-corrected chi connectivity index (χ1v) is 5.81. The summed E-state index contributed by atoms with van der Waals surface area (Å²) in [6.45, 7) is 11.1. The molecule has 0 saturated heterocycles. The van der Waals surface area contributed by atoms with E-state index in [4.69, 9.17) is 0 Å². The molecule has 0 aromatic carbocycles. The van der Waals surface area contributed by atoms with Gasteiger partial charge in [-0.15, -0.1) is 0 Å². The lowest BCUT2D eigenvalue weighted by Crippen LogP contribution is -1.85. The molecule has 0 amide bonds. The van der Waals surface area contributed by atoms with E-state index in [1.807, 2.05) is 0 Å². The second-order valence-electron chi connectivity index (χ2n) is 4.84. The largest absolute Gasteiger partial charge is 0.0856 e. The topological polar surface area (TPSA) is 0 Å². The molecule has 0 atom stereocenters. The molecule has 14 heavy (non-hydrogen) atoms. The van der Waals surface area contributed by atoms with Crippen LogP contribution in [0.1, 0.15) is 60.3 Å². The molecule has 0 aliphatic heterocycles. The van der Waals surface area contributed by atoms with E-state index in [-0.39, 0.29) is 0 Å². The summed E-state index contributed by atoms with van der Waals surface area (Å²) in [6, 6.07) is 0. The lowest BCUT2D eigenvalue weighted by atomic mass is 10.0. The van der Waals surface area contributed by atoms with E-state index in [2.05, 4.69) is 46.8 Å². The zero-order valence-electron chi connectivity index (χ0n) is 10.6. The maximum absolute atomic E-state index is 2.40. The minimum absolute atomic E-state index is 0.830. The SMILES string of the molecule is CC(C)=CCC/C(C)=C/CCC(C)C. The van der Waals surface area contributed by atoms with Crippen LogP contribution in [0.25, 0.3) is 0 Å². The summed E-state index contributed by atoms with van der Waals surface area (Å²) < 4.78 is 0. The number of rotatable bonds is 6. The Bertz CT molecular complexity index is 190. The van der Waals surface area contributed by atoms with Gasteiger partial charge in [-0.2, -0.15) is 0 Å². The van der Waals surface area contributed by atoms with Crippen LogP contribution in [0, 0.1) is 5.92 Å². The van der Waals surface area contributed by atoms with Gasteiger partial charge >= 0.3 is 0 Å². The second-order valence-corrected chi connectivity index (χ2v) is 4.84. The van der Waals surface area contributed by atoms with Crippen LogP contribution in [0.3, 0.4) is 0 Å². The van der Waals surface area contributed by atoms with Crippen LogP contribution in [-0.2, 0) is 0 Å². The van der Waals surface area contributed by atoms with Crippen molar-refractivity contribution in [1.82, 2.24) is 0 Å². The van der Waals surface area contributed by atoms with Crippen molar-refractivity contribution in [3.05, 3.63) is 23.3 Å². The Labute approximate surface area is 90.1 Å². The van der Waals surface area contributed by atoms with Gasteiger partial charge in [0.15, 0.2) is 0 Å². The highest BCUT2D eigenvalue weighted by Crippen LogP contribution is 2.10. The summed E-state index contributed by atoms with van der Waals surface area (Å²) in [4.78, 5) is 0. The lowest BCUT2D eigenvalue weighted by Gasteiger charge is -2.02. The monoisotopic (exact) mass is 194 g/mol. The van der Waals surface area contributed by atoms with Gasteiger partial charge in [-0.3, -0.25) is 0 Å². The van der Waals surface area contributed by atoms with Crippen LogP contribution < -0.4 is 0 Å². The Kier molecular flexibility index (Phi) is 7.55. The lowest BCUT2D eigenvalue weighted by molar-refractivity contribution is 0.592. The van der Waals surface area contributed by atoms with Crippen molar-refractivity contribution >= 4 is 0 Å². The van der Waals surface area contributed by atoms with Crippen molar-refractivity contribution in [2.24, 2.45) is 5.92 Å². The fourth-order valence-electron chi connectivity index (χ4n) is 1.35. The standard InChI is InChI=1S/C14H26/c1-12(2)8-6-10-14(5)11-7-9-13(3)4/h8,11,13H,6-7,9-10H2,1-5H3/b14-11+. The normalized spacial score (nSPS) is 12.0. The fourth-order valence-corrected chi connectivity index (χ4v) is 1.35. The zero-order chi connectivity index (χ0) is 11.0. The Morgan fingerprint density at radius 3 is 2.14 bits per heavy atom. The molecule has 0 heterocycles. The summed E-state index contributed by atoms with van der Waals surface area (Å²) in [5.74, 6) is 0.830. The molecule has 82 valence electrons. The molecular formula is C14H26. The van der Waals surface area contributed by atoms with Crippen molar-refractivity contribution in [1.29, 1.82) is 0 Å². The molecule has 0 radical (unpaired) electrons. The molecule has 0 nitrogen and oxygen atoms in total. The van der Waals surface area contributed by atoms with E-state index in [9.17, 15) is 0 Å². The zero-order valence-corrected chi connectivity index (χ0v) is 10.6. The molecule has 0 aromatic heterocycles. The molecule has 0 saturated carbocycles. The van der Waals surface area contributed by atoms with Crippen LogP contribution in [0.15, 0.2) is 23.3 Å². The molecule has 0 spiro atoms. The average molecular weight is 194 g/mol. The second kappa shape index (κ2) is 7.84. The van der Waals surface area contributed by atoms with E-state index < -0.39 is 0 Å². The highest BCUT2D eigenvalue weighted by Gasteiger charge is 1.92. The highest BCUT2D eigenvalue weighted by molar-refractivity contribution is 5.02. The summed E-state index contributed by atoms with van der Waals surface area (Å²) in [5, 5.41) is 0. The first-order valence-electron chi connectivity index (χ1n) is 5.81. The van der Waals surface area contributed by atoms with Gasteiger partial charge in [0.25, 0.3) is 0 Å². The van der Waals surface area contributed by atoms with Crippen molar-refractivity contribution in [3.63, 3.8) is 0 Å². The van der Waals surface area contributed by atoms with Gasteiger partial charge in [0, 0.05) is 0 Å². The third-order valence-corrected chi connectivity index (χ3v) is 2.33. The van der Waals surface area contributed by atoms with Crippen LogP contribution in [-0.4, -0.2) is 0 Å². The Morgan fingerprint density at radius 1 is 1.00 bits per heavy atom. The Hall–Kier alpha value is -0.520. The summed E-state index contributed by atoms with van der Waals surface area (Å²) in [7, 11) is 0. The maximum Gasteiger partial charge on any atom is -0.0288 e. The van der Waals surface area contributed by atoms with Gasteiger partial charge in [0.1, 0.15) is 0 Å². The van der Waals surface area contributed by atoms with E-state index in [0.29, 0.717) is 0 Å². The van der Waals surface area contributed by atoms with Crippen molar-refractivity contribution in [2.45, 2.75) is 60.3 Å². The highest BCUT2D eigenvalue weighted by atomic mass is 14.0. The number of allylic oxidation sites excluding steroid dienone is 4. The van der Waals surface area contributed by atoms with Crippen LogP contribution >= 0.6 is 0 Å². The molecule has 0 unspecified atom stereocenters. The molecule has 0 bridgehead atoms. The predicted octanol–water partition coefficient (Wildman–Crippen LogP) is 5.12. The van der Waals surface area contributed by atoms with Gasteiger partial charge in [0.2, 0.25) is 0 Å². The van der Waals surface area contributed by atoms with Crippen LogP contribution in [0.2, 0.25) is 0 Å². The summed E-state index contributed by atoms with van der Waals surface area (Å²) >= 11 is 0. The molecule has 0 aliphatic rings. The van der Waals surface area contributed by atoms with E-state index in [1.54, 1.807) is 5.57 Å². The summed E-state index contributed by atoms with van der Waals surface area (Å²) in [5.41, 5.74) is 2.98.